The highest BCUT2D eigenvalue weighted by molar-refractivity contribution is 5.93. The van der Waals surface area contributed by atoms with Crippen molar-refractivity contribution in [3.63, 3.8) is 0 Å². The van der Waals surface area contributed by atoms with Crippen LogP contribution in [-0.4, -0.2) is 51.4 Å². The second-order valence-corrected chi connectivity index (χ2v) is 13.4. The molecule has 5 heterocycles. The highest BCUT2D eigenvalue weighted by atomic mass is 16.2. The minimum atomic E-state index is -0.640. The average Bonchev–Trinajstić information content (AvgIpc) is 3.38. The molecule has 6 nitrogen and oxygen atoms in total. The lowest BCUT2D eigenvalue weighted by Crippen LogP contribution is -2.55. The predicted octanol–water partition coefficient (Wildman–Crippen LogP) is 6.86. The molecular formula is C36H45N5O. The SMILES string of the molecule is Cc1cc(C)cc(-c2[nH]c3ncc(C(C)(C)C(=O)N4CC5CCC4CC5)cc3c2C(C)CNCCc2ccncc2)c1. The van der Waals surface area contributed by atoms with Crippen LogP contribution in [0.4, 0.5) is 0 Å². The molecule has 3 fully saturated rings. The summed E-state index contributed by atoms with van der Waals surface area (Å²) in [6.07, 6.45) is 11.4. The zero-order chi connectivity index (χ0) is 29.4. The van der Waals surface area contributed by atoms with E-state index >= 15 is 0 Å². The first-order chi connectivity index (χ1) is 20.2. The van der Waals surface area contributed by atoms with Crippen molar-refractivity contribution in [2.24, 2.45) is 5.92 Å². The Bertz CT molecular complexity index is 1540. The lowest BCUT2D eigenvalue weighted by atomic mass is 9.76. The number of fused-ring (bicyclic) bond motifs is 4. The fourth-order valence-electron chi connectivity index (χ4n) is 7.29. The van der Waals surface area contributed by atoms with Gasteiger partial charge in [-0.05, 0) is 131 Å². The molecule has 3 aliphatic rings. The summed E-state index contributed by atoms with van der Waals surface area (Å²) in [5.41, 5.74) is 8.59. The maximum atomic E-state index is 14.0. The largest absolute Gasteiger partial charge is 0.339 e. The number of piperidine rings is 2. The third-order valence-electron chi connectivity index (χ3n) is 9.71. The Morgan fingerprint density at radius 3 is 2.45 bits per heavy atom. The monoisotopic (exact) mass is 563 g/mol. The van der Waals surface area contributed by atoms with Gasteiger partial charge in [0.2, 0.25) is 5.91 Å². The van der Waals surface area contributed by atoms with Gasteiger partial charge in [-0.3, -0.25) is 9.78 Å². The maximum absolute atomic E-state index is 14.0. The highest BCUT2D eigenvalue weighted by Crippen LogP contribution is 2.40. The van der Waals surface area contributed by atoms with Crippen molar-refractivity contribution in [1.29, 1.82) is 0 Å². The van der Waals surface area contributed by atoms with Gasteiger partial charge < -0.3 is 15.2 Å². The van der Waals surface area contributed by atoms with Gasteiger partial charge in [-0.1, -0.05) is 24.1 Å². The molecule has 2 saturated heterocycles. The van der Waals surface area contributed by atoms with E-state index in [9.17, 15) is 4.79 Å². The molecule has 42 heavy (non-hydrogen) atoms. The van der Waals surface area contributed by atoms with Crippen molar-refractivity contribution in [3.05, 3.63) is 82.8 Å². The molecule has 220 valence electrons. The van der Waals surface area contributed by atoms with E-state index in [0.29, 0.717) is 12.0 Å². The van der Waals surface area contributed by atoms with Gasteiger partial charge >= 0.3 is 0 Å². The Kier molecular flexibility index (Phi) is 7.93. The smallest absolute Gasteiger partial charge is 0.232 e. The van der Waals surface area contributed by atoms with Crippen molar-refractivity contribution < 1.29 is 4.79 Å². The molecule has 2 aliphatic heterocycles. The summed E-state index contributed by atoms with van der Waals surface area (Å²) in [6, 6.07) is 13.5. The van der Waals surface area contributed by atoms with Gasteiger partial charge in [-0.25, -0.2) is 4.98 Å². The van der Waals surface area contributed by atoms with E-state index in [1.54, 1.807) is 0 Å². The van der Waals surface area contributed by atoms with Gasteiger partial charge in [-0.2, -0.15) is 0 Å². The zero-order valence-electron chi connectivity index (χ0n) is 25.8. The van der Waals surface area contributed by atoms with Crippen LogP contribution >= 0.6 is 0 Å². The van der Waals surface area contributed by atoms with E-state index in [1.807, 2.05) is 18.6 Å². The van der Waals surface area contributed by atoms with Crippen LogP contribution in [0.5, 0.6) is 0 Å². The summed E-state index contributed by atoms with van der Waals surface area (Å²) >= 11 is 0. The maximum Gasteiger partial charge on any atom is 0.232 e. The fourth-order valence-corrected chi connectivity index (χ4v) is 7.29. The van der Waals surface area contributed by atoms with E-state index in [-0.39, 0.29) is 11.8 Å². The molecule has 0 spiro atoms. The minimum absolute atomic E-state index is 0.237. The number of nitrogens with zero attached hydrogens (tertiary/aromatic N) is 3. The molecule has 0 radical (unpaired) electrons. The van der Waals surface area contributed by atoms with Gasteiger partial charge in [0, 0.05) is 43.1 Å². The standard InChI is InChI=1S/C36H45N5O/c1-23-16-24(2)18-28(17-23)33-32(25(3)20-38-15-12-26-10-13-37-14-11-26)31-19-29(21-39-34(31)40-33)36(4,5)35(42)41-22-27-6-8-30(41)9-7-27/h10-11,13-14,16-19,21,25,27,30,38H,6-9,12,15,20,22H2,1-5H3,(H,39,40). The number of hydrogen-bond donors (Lipinski definition) is 2. The first-order valence-electron chi connectivity index (χ1n) is 15.7. The van der Waals surface area contributed by atoms with Crippen LogP contribution in [0.1, 0.15) is 80.2 Å². The molecule has 1 atom stereocenters. The highest BCUT2D eigenvalue weighted by Gasteiger charge is 2.42. The minimum Gasteiger partial charge on any atom is -0.339 e. The van der Waals surface area contributed by atoms with Crippen LogP contribution in [0.3, 0.4) is 0 Å². The molecule has 1 amide bonds. The molecule has 1 saturated carbocycles. The third kappa shape index (κ3) is 5.61. The second kappa shape index (κ2) is 11.6. The van der Waals surface area contributed by atoms with Gasteiger partial charge in [0.25, 0.3) is 0 Å². The molecule has 6 heteroatoms. The van der Waals surface area contributed by atoms with E-state index in [2.05, 4.69) is 91.2 Å². The summed E-state index contributed by atoms with van der Waals surface area (Å²) in [7, 11) is 0. The zero-order valence-corrected chi connectivity index (χ0v) is 25.8. The molecule has 7 rings (SSSR count). The van der Waals surface area contributed by atoms with Crippen LogP contribution < -0.4 is 5.32 Å². The third-order valence-corrected chi connectivity index (χ3v) is 9.71. The van der Waals surface area contributed by atoms with Crippen molar-refractivity contribution in [1.82, 2.24) is 25.2 Å². The molecule has 2 N–H and O–H groups in total. The van der Waals surface area contributed by atoms with Crippen molar-refractivity contribution in [2.75, 3.05) is 19.6 Å². The number of aryl methyl sites for hydroxylation is 2. The number of nitrogens with one attached hydrogen (secondary N) is 2. The van der Waals surface area contributed by atoms with E-state index in [0.717, 1.165) is 61.2 Å². The number of hydrogen-bond acceptors (Lipinski definition) is 4. The molecule has 1 aliphatic carbocycles. The second-order valence-electron chi connectivity index (χ2n) is 13.4. The van der Waals surface area contributed by atoms with E-state index in [4.69, 9.17) is 4.98 Å². The lowest BCUT2D eigenvalue weighted by Gasteiger charge is -2.47. The summed E-state index contributed by atoms with van der Waals surface area (Å²) in [5, 5.41) is 4.81. The number of pyridine rings is 2. The summed E-state index contributed by atoms with van der Waals surface area (Å²) < 4.78 is 0. The van der Waals surface area contributed by atoms with Crippen molar-refractivity contribution in [3.8, 4) is 11.3 Å². The van der Waals surface area contributed by atoms with Gasteiger partial charge in [0.05, 0.1) is 11.1 Å². The van der Waals surface area contributed by atoms with Crippen LogP contribution in [0, 0.1) is 19.8 Å². The Balaban J connectivity index is 1.33. The van der Waals surface area contributed by atoms with E-state index < -0.39 is 5.41 Å². The number of rotatable bonds is 9. The van der Waals surface area contributed by atoms with Crippen LogP contribution in [-0.2, 0) is 16.6 Å². The predicted molar refractivity (Wildman–Crippen MR) is 171 cm³/mol. The van der Waals surface area contributed by atoms with Gasteiger partial charge in [-0.15, -0.1) is 0 Å². The Labute approximate surface area is 250 Å². The number of carbonyl (C=O) groups is 1. The number of H-pyrrole nitrogens is 1. The number of aromatic nitrogens is 3. The number of aromatic amines is 1. The fraction of sp³-hybridized carbons (Fsp3) is 0.472. The number of benzene rings is 1. The molecule has 1 aromatic carbocycles. The van der Waals surface area contributed by atoms with Gasteiger partial charge in [0.1, 0.15) is 5.65 Å². The first-order valence-corrected chi connectivity index (χ1v) is 15.7. The molecule has 4 aromatic rings. The van der Waals surface area contributed by atoms with Crippen LogP contribution in [0.25, 0.3) is 22.3 Å². The Hall–Kier alpha value is -3.51. The topological polar surface area (TPSA) is 73.9 Å². The summed E-state index contributed by atoms with van der Waals surface area (Å²) in [5.74, 6) is 1.15. The summed E-state index contributed by atoms with van der Waals surface area (Å²) in [6.45, 7) is 13.4. The molecular weight excluding hydrogens is 518 g/mol. The van der Waals surface area contributed by atoms with Gasteiger partial charge in [0.15, 0.2) is 0 Å². The van der Waals surface area contributed by atoms with Crippen molar-refractivity contribution >= 4 is 16.9 Å². The van der Waals surface area contributed by atoms with Crippen molar-refractivity contribution in [2.45, 2.75) is 84.1 Å². The average molecular weight is 564 g/mol. The Morgan fingerprint density at radius 1 is 1.07 bits per heavy atom. The molecule has 2 bridgehead atoms. The molecule has 1 unspecified atom stereocenters. The van der Waals surface area contributed by atoms with Crippen LogP contribution in [0.2, 0.25) is 0 Å². The lowest BCUT2D eigenvalue weighted by molar-refractivity contribution is -0.144. The van der Waals surface area contributed by atoms with Crippen LogP contribution in [0.15, 0.2) is 55.0 Å². The van der Waals surface area contributed by atoms with E-state index in [1.165, 1.54) is 40.7 Å². The quantitative estimate of drug-likeness (QED) is 0.218. The number of amides is 1. The first kappa shape index (κ1) is 28.6. The number of carbonyl (C=O) groups excluding carboxylic acids is 1. The Morgan fingerprint density at radius 2 is 1.79 bits per heavy atom. The molecule has 3 aromatic heterocycles. The summed E-state index contributed by atoms with van der Waals surface area (Å²) in [4.78, 5) is 29.0. The normalized spacial score (nSPS) is 19.4.